The smallest absolute Gasteiger partial charge is 0.0738 e. The minimum Gasteiger partial charge on any atom is -0.271 e. The maximum atomic E-state index is 9.58. The van der Waals surface area contributed by atoms with Crippen molar-refractivity contribution in [1.29, 1.82) is 5.26 Å². The number of rotatable bonds is 3. The molecule has 1 aliphatic rings. The fourth-order valence-corrected chi connectivity index (χ4v) is 3.56. The van der Waals surface area contributed by atoms with Crippen LogP contribution in [-0.2, 0) is 13.5 Å². The van der Waals surface area contributed by atoms with E-state index in [0.717, 1.165) is 41.0 Å². The van der Waals surface area contributed by atoms with Gasteiger partial charge in [0.1, 0.15) is 0 Å². The summed E-state index contributed by atoms with van der Waals surface area (Å²) in [6.07, 6.45) is 5.26. The third kappa shape index (κ3) is 2.33. The van der Waals surface area contributed by atoms with Gasteiger partial charge in [-0.15, -0.1) is 0 Å². The molecule has 0 saturated heterocycles. The lowest BCUT2D eigenvalue weighted by Gasteiger charge is -2.21. The second kappa shape index (κ2) is 5.05. The van der Waals surface area contributed by atoms with E-state index >= 15 is 0 Å². The predicted octanol–water partition coefficient (Wildman–Crippen LogP) is 3.75. The molecule has 2 rings (SSSR count). The molecule has 1 aromatic heterocycles. The van der Waals surface area contributed by atoms with Crippen molar-refractivity contribution >= 4 is 15.9 Å². The van der Waals surface area contributed by atoms with Crippen molar-refractivity contribution in [2.24, 2.45) is 18.4 Å². The Morgan fingerprint density at radius 3 is 2.78 bits per heavy atom. The minimum atomic E-state index is -0.177. The molecule has 1 heterocycles. The highest BCUT2D eigenvalue weighted by Gasteiger charge is 2.40. The van der Waals surface area contributed by atoms with Crippen LogP contribution in [0.3, 0.4) is 0 Å². The third-order valence-electron chi connectivity index (χ3n) is 4.29. The van der Waals surface area contributed by atoms with Gasteiger partial charge in [0.05, 0.1) is 27.3 Å². The Labute approximate surface area is 117 Å². The summed E-state index contributed by atoms with van der Waals surface area (Å²) in [5, 5.41) is 14.0. The quantitative estimate of drug-likeness (QED) is 0.853. The van der Waals surface area contributed by atoms with E-state index in [-0.39, 0.29) is 5.41 Å². The maximum absolute atomic E-state index is 9.58. The molecule has 0 radical (unpaired) electrons. The number of aromatic nitrogens is 2. The normalized spacial score (nSPS) is 27.4. The molecule has 3 nitrogen and oxygen atoms in total. The molecule has 18 heavy (non-hydrogen) atoms. The molecule has 98 valence electrons. The van der Waals surface area contributed by atoms with E-state index in [4.69, 9.17) is 0 Å². The SMILES string of the molecule is CCC1CCC(C#N)(Cc2c(Br)c(C)nn2C)C1. The van der Waals surface area contributed by atoms with E-state index in [1.54, 1.807) is 0 Å². The molecule has 0 spiro atoms. The molecule has 0 aromatic carbocycles. The number of hydrogen-bond acceptors (Lipinski definition) is 2. The number of nitrogens with zero attached hydrogens (tertiary/aromatic N) is 3. The molecule has 1 fully saturated rings. The van der Waals surface area contributed by atoms with Crippen LogP contribution in [0.4, 0.5) is 0 Å². The van der Waals surface area contributed by atoms with Gasteiger partial charge in [0.15, 0.2) is 0 Å². The van der Waals surface area contributed by atoms with Crippen molar-refractivity contribution < 1.29 is 0 Å². The summed E-state index contributed by atoms with van der Waals surface area (Å²) < 4.78 is 2.98. The van der Waals surface area contributed by atoms with Gasteiger partial charge < -0.3 is 0 Å². The lowest BCUT2D eigenvalue weighted by molar-refractivity contribution is 0.370. The van der Waals surface area contributed by atoms with Gasteiger partial charge in [-0.1, -0.05) is 13.3 Å². The summed E-state index contributed by atoms with van der Waals surface area (Å²) in [7, 11) is 1.96. The Kier molecular flexibility index (Phi) is 3.82. The molecule has 0 aliphatic heterocycles. The van der Waals surface area contributed by atoms with Crippen LogP contribution in [0, 0.1) is 29.6 Å². The van der Waals surface area contributed by atoms with Crippen molar-refractivity contribution in [2.75, 3.05) is 0 Å². The van der Waals surface area contributed by atoms with Crippen LogP contribution in [0.5, 0.6) is 0 Å². The molecule has 4 heteroatoms. The summed E-state index contributed by atoms with van der Waals surface area (Å²) in [6.45, 7) is 4.22. The number of nitriles is 1. The number of hydrogen-bond donors (Lipinski definition) is 0. The van der Waals surface area contributed by atoms with E-state index in [1.807, 2.05) is 18.7 Å². The summed E-state index contributed by atoms with van der Waals surface area (Å²) >= 11 is 3.60. The fourth-order valence-electron chi connectivity index (χ4n) is 3.08. The molecule has 0 N–H and O–H groups in total. The first kappa shape index (κ1) is 13.6. The summed E-state index contributed by atoms with van der Waals surface area (Å²) in [5.41, 5.74) is 1.99. The van der Waals surface area contributed by atoms with E-state index in [2.05, 4.69) is 34.0 Å². The van der Waals surface area contributed by atoms with Crippen LogP contribution >= 0.6 is 15.9 Å². The lowest BCUT2D eigenvalue weighted by atomic mass is 9.82. The van der Waals surface area contributed by atoms with E-state index in [1.165, 1.54) is 12.8 Å². The van der Waals surface area contributed by atoms with Crippen molar-refractivity contribution in [1.82, 2.24) is 9.78 Å². The van der Waals surface area contributed by atoms with E-state index in [9.17, 15) is 5.26 Å². The van der Waals surface area contributed by atoms with Crippen LogP contribution in [0.25, 0.3) is 0 Å². The Morgan fingerprint density at radius 2 is 2.33 bits per heavy atom. The van der Waals surface area contributed by atoms with Crippen LogP contribution in [-0.4, -0.2) is 9.78 Å². The first-order valence-corrected chi connectivity index (χ1v) is 7.40. The largest absolute Gasteiger partial charge is 0.271 e. The highest BCUT2D eigenvalue weighted by Crippen LogP contribution is 2.45. The zero-order valence-electron chi connectivity index (χ0n) is 11.3. The predicted molar refractivity (Wildman–Crippen MR) is 75.0 cm³/mol. The molecule has 2 atom stereocenters. The second-order valence-electron chi connectivity index (χ2n) is 5.56. The highest BCUT2D eigenvalue weighted by atomic mass is 79.9. The van der Waals surface area contributed by atoms with Crippen molar-refractivity contribution in [3.05, 3.63) is 15.9 Å². The van der Waals surface area contributed by atoms with Gasteiger partial charge in [-0.3, -0.25) is 4.68 Å². The van der Waals surface area contributed by atoms with Gasteiger partial charge in [-0.05, 0) is 48.0 Å². The molecule has 1 aliphatic carbocycles. The minimum absolute atomic E-state index is 0.177. The molecule has 2 unspecified atom stereocenters. The average molecular weight is 310 g/mol. The van der Waals surface area contributed by atoms with Crippen LogP contribution in [0.1, 0.15) is 44.0 Å². The van der Waals surface area contributed by atoms with Crippen LogP contribution in [0.15, 0.2) is 4.47 Å². The van der Waals surface area contributed by atoms with Gasteiger partial charge in [0.2, 0.25) is 0 Å². The third-order valence-corrected chi connectivity index (χ3v) is 5.32. The molecule has 1 saturated carbocycles. The van der Waals surface area contributed by atoms with Gasteiger partial charge in [-0.2, -0.15) is 10.4 Å². The zero-order valence-corrected chi connectivity index (χ0v) is 12.9. The Balaban J connectivity index is 2.24. The second-order valence-corrected chi connectivity index (χ2v) is 6.35. The van der Waals surface area contributed by atoms with Crippen molar-refractivity contribution in [3.63, 3.8) is 0 Å². The number of halogens is 1. The standard InChI is InChI=1S/C14H20BrN3/c1-4-11-5-6-14(7-11,9-16)8-12-13(15)10(2)17-18(12)3/h11H,4-8H2,1-3H3. The van der Waals surface area contributed by atoms with Crippen molar-refractivity contribution in [3.8, 4) is 6.07 Å². The average Bonchev–Trinajstić information content (AvgIpc) is 2.88. The summed E-state index contributed by atoms with van der Waals surface area (Å²) in [4.78, 5) is 0. The van der Waals surface area contributed by atoms with Gasteiger partial charge in [0.25, 0.3) is 0 Å². The summed E-state index contributed by atoms with van der Waals surface area (Å²) in [5.74, 6) is 0.720. The molecule has 1 aromatic rings. The molecule has 0 amide bonds. The van der Waals surface area contributed by atoms with Crippen molar-refractivity contribution in [2.45, 2.75) is 46.0 Å². The molecular weight excluding hydrogens is 290 g/mol. The van der Waals surface area contributed by atoms with E-state index in [0.29, 0.717) is 0 Å². The topological polar surface area (TPSA) is 41.6 Å². The van der Waals surface area contributed by atoms with Crippen LogP contribution in [0.2, 0.25) is 0 Å². The van der Waals surface area contributed by atoms with Crippen LogP contribution < -0.4 is 0 Å². The van der Waals surface area contributed by atoms with Gasteiger partial charge >= 0.3 is 0 Å². The monoisotopic (exact) mass is 309 g/mol. The number of aryl methyl sites for hydroxylation is 2. The fraction of sp³-hybridized carbons (Fsp3) is 0.714. The van der Waals surface area contributed by atoms with Gasteiger partial charge in [-0.25, -0.2) is 0 Å². The van der Waals surface area contributed by atoms with E-state index < -0.39 is 0 Å². The first-order chi connectivity index (χ1) is 8.51. The summed E-state index contributed by atoms with van der Waals surface area (Å²) in [6, 6.07) is 2.59. The molecule has 0 bridgehead atoms. The molecular formula is C14H20BrN3. The maximum Gasteiger partial charge on any atom is 0.0738 e. The Hall–Kier alpha value is -0.820. The first-order valence-electron chi connectivity index (χ1n) is 6.60. The van der Waals surface area contributed by atoms with Gasteiger partial charge in [0, 0.05) is 13.5 Å². The highest BCUT2D eigenvalue weighted by molar-refractivity contribution is 9.10. The Bertz CT molecular complexity index is 486. The Morgan fingerprint density at radius 1 is 1.61 bits per heavy atom. The lowest BCUT2D eigenvalue weighted by Crippen LogP contribution is -2.20. The zero-order chi connectivity index (χ0) is 13.3.